The van der Waals surface area contributed by atoms with Crippen LogP contribution in [0.1, 0.15) is 153 Å². The minimum absolute atomic E-state index is 0.116. The first kappa shape index (κ1) is 52.5. The van der Waals surface area contributed by atoms with Crippen LogP contribution in [0.25, 0.3) is 54.2 Å². The summed E-state index contributed by atoms with van der Waals surface area (Å²) in [6.07, 6.45) is 0. The van der Waals surface area contributed by atoms with Gasteiger partial charge >= 0.3 is 0 Å². The second kappa shape index (κ2) is 19.1. The third kappa shape index (κ3) is 9.24. The first-order valence-corrected chi connectivity index (χ1v) is 28.5. The Morgan fingerprint density at radius 2 is 0.654 bits per heavy atom. The number of hydrogen-bond donors (Lipinski definition) is 0. The highest BCUT2D eigenvalue weighted by molar-refractivity contribution is 6.31. The van der Waals surface area contributed by atoms with Crippen molar-refractivity contribution in [3.8, 4) is 23.0 Å². The molecule has 2 aliphatic rings. The molecule has 2 heteroatoms. The van der Waals surface area contributed by atoms with E-state index in [1.165, 1.54) is 110 Å². The summed E-state index contributed by atoms with van der Waals surface area (Å²) in [6.45, 7) is 36.8. The SMILES string of the molecule is Cc1ccc(N(c2ccc(C(C)C)cc2)c2c3ccc4cc3c(c3ccc(C(C)(C)C)cc23)-c2c3cc(C(C)(C)C)ccc3c(N(c3ccc(C)cc3)c3ccc(C(C)C)cc3)c3cc(ccc23)C(C)(C)C#CC4(C)C)cc1. The lowest BCUT2D eigenvalue weighted by molar-refractivity contribution is 0.591. The smallest absolute Gasteiger partial charge is 0.0618 e. The van der Waals surface area contributed by atoms with Crippen molar-refractivity contribution in [2.45, 2.75) is 144 Å². The molecule has 10 aromatic carbocycles. The standard InChI is InChI=1S/C76H78N2/c1-47(2)51-21-33-59(34-22-51)77(57-29-17-49(5)18-30-57)71-64-40-28-55-45-66(64)70(61-37-25-54(44-67(61)71)74(10,11)12)69-62-38-27-56(76(15,16)42-41-75(55,13)14)46-68(62)72(63-39-26-53(43-65(63)69)73(7,8)9)78(58-31-19-50(6)20-32-58)60-35-23-52(24-36-60)48(3)4/h17-40,43-48H,1-16H3. The third-order valence-corrected chi connectivity index (χ3v) is 17.0. The summed E-state index contributed by atoms with van der Waals surface area (Å²) in [6, 6.07) is 66.2. The van der Waals surface area contributed by atoms with Gasteiger partial charge in [-0.1, -0.05) is 189 Å². The number of anilines is 6. The van der Waals surface area contributed by atoms with Gasteiger partial charge in [0.05, 0.1) is 22.2 Å². The van der Waals surface area contributed by atoms with E-state index in [1.54, 1.807) is 0 Å². The number of rotatable bonds is 8. The molecule has 0 saturated heterocycles. The van der Waals surface area contributed by atoms with E-state index in [1.807, 2.05) is 0 Å². The summed E-state index contributed by atoms with van der Waals surface area (Å²) in [5, 5.41) is 9.69. The summed E-state index contributed by atoms with van der Waals surface area (Å²) in [4.78, 5) is 5.08. The molecule has 0 radical (unpaired) electrons. The summed E-state index contributed by atoms with van der Waals surface area (Å²) in [7, 11) is 0. The molecule has 2 aliphatic carbocycles. The molecule has 6 bridgehead atoms. The maximum absolute atomic E-state index is 3.91. The van der Waals surface area contributed by atoms with Crippen LogP contribution in [-0.4, -0.2) is 0 Å². The maximum Gasteiger partial charge on any atom is 0.0618 e. The van der Waals surface area contributed by atoms with E-state index in [9.17, 15) is 0 Å². The Balaban J connectivity index is 1.40. The first-order chi connectivity index (χ1) is 36.9. The number of hydrogen-bond acceptors (Lipinski definition) is 2. The van der Waals surface area contributed by atoms with E-state index in [2.05, 4.69) is 302 Å². The van der Waals surface area contributed by atoms with Crippen molar-refractivity contribution in [3.05, 3.63) is 214 Å². The molecule has 0 amide bonds. The molecule has 0 atom stereocenters. The molecular weight excluding hydrogens is 941 g/mol. The van der Waals surface area contributed by atoms with Gasteiger partial charge in [-0.3, -0.25) is 0 Å². The van der Waals surface area contributed by atoms with Gasteiger partial charge < -0.3 is 9.80 Å². The van der Waals surface area contributed by atoms with E-state index in [0.717, 1.165) is 22.7 Å². The van der Waals surface area contributed by atoms with E-state index < -0.39 is 10.8 Å². The lowest BCUT2D eigenvalue weighted by Gasteiger charge is -2.33. The zero-order chi connectivity index (χ0) is 55.4. The van der Waals surface area contributed by atoms with Gasteiger partial charge in [-0.25, -0.2) is 0 Å². The molecule has 10 aromatic rings. The van der Waals surface area contributed by atoms with Gasteiger partial charge in [-0.2, -0.15) is 0 Å². The van der Waals surface area contributed by atoms with Crippen molar-refractivity contribution in [2.75, 3.05) is 9.80 Å². The van der Waals surface area contributed by atoms with Crippen molar-refractivity contribution in [2.24, 2.45) is 0 Å². The fourth-order valence-electron chi connectivity index (χ4n) is 11.8. The molecule has 0 aromatic heterocycles. The van der Waals surface area contributed by atoms with Crippen molar-refractivity contribution < 1.29 is 0 Å². The second-order valence-corrected chi connectivity index (χ2v) is 26.3. The number of fused-ring (bicyclic) bond motifs is 5. The molecule has 0 fully saturated rings. The largest absolute Gasteiger partial charge is 0.309 e. The van der Waals surface area contributed by atoms with E-state index in [0.29, 0.717) is 11.8 Å². The summed E-state index contributed by atoms with van der Waals surface area (Å²) < 4.78 is 0. The molecule has 0 unspecified atom stereocenters. The fraction of sp³-hybridized carbons (Fsp3) is 0.289. The lowest BCUT2D eigenvalue weighted by atomic mass is 9.78. The molecule has 392 valence electrons. The number of benzene rings is 10. The summed E-state index contributed by atoms with van der Waals surface area (Å²) >= 11 is 0. The van der Waals surface area contributed by atoms with E-state index in [-0.39, 0.29) is 10.8 Å². The van der Waals surface area contributed by atoms with Gasteiger partial charge in [0.25, 0.3) is 0 Å². The minimum atomic E-state index is -0.480. The van der Waals surface area contributed by atoms with Crippen molar-refractivity contribution in [1.82, 2.24) is 0 Å². The predicted molar refractivity (Wildman–Crippen MR) is 340 cm³/mol. The molecule has 0 saturated carbocycles. The van der Waals surface area contributed by atoms with Gasteiger partial charge in [0.1, 0.15) is 0 Å². The van der Waals surface area contributed by atoms with Crippen LogP contribution in [0.4, 0.5) is 34.1 Å². The van der Waals surface area contributed by atoms with E-state index in [4.69, 9.17) is 0 Å². The highest BCUT2D eigenvalue weighted by Gasteiger charge is 2.32. The summed E-state index contributed by atoms with van der Waals surface area (Å²) in [5.41, 5.74) is 18.2. The first-order valence-electron chi connectivity index (χ1n) is 28.5. The van der Waals surface area contributed by atoms with Crippen LogP contribution in [-0.2, 0) is 21.7 Å². The zero-order valence-electron chi connectivity index (χ0n) is 49.2. The molecule has 0 heterocycles. The Morgan fingerprint density at radius 3 is 1.04 bits per heavy atom. The highest BCUT2D eigenvalue weighted by atomic mass is 15.2. The zero-order valence-corrected chi connectivity index (χ0v) is 49.2. The van der Waals surface area contributed by atoms with Crippen LogP contribution in [0.2, 0.25) is 0 Å². The number of nitrogens with zero attached hydrogens (tertiary/aromatic N) is 2. The van der Waals surface area contributed by atoms with Crippen molar-refractivity contribution in [1.29, 1.82) is 0 Å². The van der Waals surface area contributed by atoms with Crippen molar-refractivity contribution in [3.63, 3.8) is 0 Å². The molecule has 2 nitrogen and oxygen atoms in total. The van der Waals surface area contributed by atoms with Crippen molar-refractivity contribution >= 4 is 77.2 Å². The Bertz CT molecular complexity index is 4030. The van der Waals surface area contributed by atoms with Crippen LogP contribution < -0.4 is 9.80 Å². The Hall–Kier alpha value is -7.60. The quantitative estimate of drug-likeness (QED) is 0.111. The molecular formula is C76H78N2. The molecule has 0 aliphatic heterocycles. The van der Waals surface area contributed by atoms with Crippen LogP contribution in [0.3, 0.4) is 0 Å². The highest BCUT2D eigenvalue weighted by Crippen LogP contribution is 2.56. The average Bonchev–Trinajstić information content (AvgIpc) is 3.53. The second-order valence-electron chi connectivity index (χ2n) is 26.3. The van der Waals surface area contributed by atoms with Gasteiger partial charge in [0.15, 0.2) is 0 Å². The number of aryl methyl sites for hydroxylation is 2. The predicted octanol–water partition coefficient (Wildman–Crippen LogP) is 21.9. The third-order valence-electron chi connectivity index (χ3n) is 17.0. The van der Waals surface area contributed by atoms with Crippen LogP contribution >= 0.6 is 0 Å². The Morgan fingerprint density at radius 1 is 0.346 bits per heavy atom. The Labute approximate surface area is 466 Å². The normalized spacial score (nSPS) is 14.1. The maximum atomic E-state index is 3.91. The van der Waals surface area contributed by atoms with Crippen LogP contribution in [0, 0.1) is 25.7 Å². The van der Waals surface area contributed by atoms with Gasteiger partial charge in [-0.15, -0.1) is 0 Å². The average molecular weight is 1020 g/mol. The fourth-order valence-corrected chi connectivity index (χ4v) is 11.8. The molecule has 0 spiro atoms. The molecule has 12 rings (SSSR count). The Kier molecular flexibility index (Phi) is 12.8. The monoisotopic (exact) mass is 1020 g/mol. The van der Waals surface area contributed by atoms with Crippen LogP contribution in [0.5, 0.6) is 0 Å². The molecule has 0 N–H and O–H groups in total. The minimum Gasteiger partial charge on any atom is -0.309 e. The van der Waals surface area contributed by atoms with Gasteiger partial charge in [0.2, 0.25) is 0 Å². The topological polar surface area (TPSA) is 6.48 Å². The lowest BCUT2D eigenvalue weighted by Crippen LogP contribution is -2.19. The summed E-state index contributed by atoms with van der Waals surface area (Å²) in [5.74, 6) is 8.64. The van der Waals surface area contributed by atoms with E-state index >= 15 is 0 Å². The van der Waals surface area contributed by atoms with Gasteiger partial charge in [-0.05, 0) is 203 Å². The van der Waals surface area contributed by atoms with Gasteiger partial charge in [0, 0.05) is 44.3 Å². The molecule has 78 heavy (non-hydrogen) atoms. The van der Waals surface area contributed by atoms with Crippen LogP contribution in [0.15, 0.2) is 170 Å².